The number of hydrogen-bond acceptors (Lipinski definition) is 6. The van der Waals surface area contributed by atoms with E-state index in [1.165, 1.54) is 32.2 Å². The predicted molar refractivity (Wildman–Crippen MR) is 98.4 cm³/mol. The molecule has 7 nitrogen and oxygen atoms in total. The van der Waals surface area contributed by atoms with Crippen LogP contribution in [0.5, 0.6) is 0 Å². The highest BCUT2D eigenvalue weighted by molar-refractivity contribution is 5.99. The highest BCUT2D eigenvalue weighted by Crippen LogP contribution is 2.18. The maximum Gasteiger partial charge on any atom is 0.338 e. The van der Waals surface area contributed by atoms with Crippen molar-refractivity contribution >= 4 is 23.5 Å². The van der Waals surface area contributed by atoms with Gasteiger partial charge in [0.25, 0.3) is 5.91 Å². The molecule has 0 spiro atoms. The van der Waals surface area contributed by atoms with Gasteiger partial charge in [0.15, 0.2) is 6.10 Å². The van der Waals surface area contributed by atoms with Gasteiger partial charge in [-0.25, -0.2) is 9.59 Å². The number of aryl methyl sites for hydroxylation is 1. The zero-order valence-electron chi connectivity index (χ0n) is 15.3. The van der Waals surface area contributed by atoms with Gasteiger partial charge < -0.3 is 19.9 Å². The second kappa shape index (κ2) is 8.95. The molecule has 0 aliphatic rings. The van der Waals surface area contributed by atoms with Crippen molar-refractivity contribution < 1.29 is 29.0 Å². The van der Waals surface area contributed by atoms with Crippen LogP contribution in [0, 0.1) is 6.92 Å². The van der Waals surface area contributed by atoms with Crippen molar-refractivity contribution in [2.75, 3.05) is 12.4 Å². The molecule has 7 heteroatoms. The Morgan fingerprint density at radius 2 is 1.67 bits per heavy atom. The quantitative estimate of drug-likeness (QED) is 0.757. The van der Waals surface area contributed by atoms with E-state index < -0.39 is 23.9 Å². The Morgan fingerprint density at radius 3 is 2.26 bits per heavy atom. The predicted octanol–water partition coefficient (Wildman–Crippen LogP) is 2.46. The summed E-state index contributed by atoms with van der Waals surface area (Å²) in [5, 5.41) is 11.7. The third kappa shape index (κ3) is 5.15. The number of esters is 2. The first kappa shape index (κ1) is 20.1. The molecular weight excluding hydrogens is 350 g/mol. The average molecular weight is 371 g/mol. The van der Waals surface area contributed by atoms with Gasteiger partial charge >= 0.3 is 11.9 Å². The maximum atomic E-state index is 12.3. The lowest BCUT2D eigenvalue weighted by atomic mass is 10.1. The number of hydrogen-bond donors (Lipinski definition) is 2. The van der Waals surface area contributed by atoms with E-state index in [-0.39, 0.29) is 12.2 Å². The van der Waals surface area contributed by atoms with Crippen molar-refractivity contribution in [3.63, 3.8) is 0 Å². The fraction of sp³-hybridized carbons (Fsp3) is 0.250. The summed E-state index contributed by atoms with van der Waals surface area (Å²) in [7, 11) is 1.27. The minimum atomic E-state index is -1.05. The second-order valence-electron chi connectivity index (χ2n) is 5.91. The van der Waals surface area contributed by atoms with E-state index in [0.29, 0.717) is 16.8 Å². The number of rotatable bonds is 6. The summed E-state index contributed by atoms with van der Waals surface area (Å²) in [6.07, 6.45) is -1.05. The van der Waals surface area contributed by atoms with Gasteiger partial charge in [0, 0.05) is 5.69 Å². The standard InChI is InChI=1S/C20H21NO6/c1-12-4-7-16(19(24)26-3)10-17(12)21-18(23)13(2)27-20(25)15-8-5-14(11-22)6-9-15/h4-10,13,22H,11H2,1-3H3,(H,21,23)/t13-/m0/s1. The van der Waals surface area contributed by atoms with Gasteiger partial charge in [-0.15, -0.1) is 0 Å². The number of aliphatic hydroxyl groups excluding tert-OH is 1. The van der Waals surface area contributed by atoms with Crippen LogP contribution in [0.4, 0.5) is 5.69 Å². The van der Waals surface area contributed by atoms with E-state index >= 15 is 0 Å². The number of amides is 1. The number of benzene rings is 2. The Balaban J connectivity index is 2.04. The van der Waals surface area contributed by atoms with Crippen LogP contribution in [0.3, 0.4) is 0 Å². The zero-order chi connectivity index (χ0) is 20.0. The first-order valence-corrected chi connectivity index (χ1v) is 8.26. The molecule has 2 aromatic rings. The summed E-state index contributed by atoms with van der Waals surface area (Å²) in [4.78, 5) is 36.1. The molecule has 142 valence electrons. The molecule has 1 amide bonds. The van der Waals surface area contributed by atoms with Crippen molar-refractivity contribution in [1.29, 1.82) is 0 Å². The molecular formula is C20H21NO6. The van der Waals surface area contributed by atoms with Gasteiger partial charge in [-0.05, 0) is 49.2 Å². The van der Waals surface area contributed by atoms with Crippen molar-refractivity contribution in [3.8, 4) is 0 Å². The lowest BCUT2D eigenvalue weighted by Gasteiger charge is -2.15. The van der Waals surface area contributed by atoms with Crippen molar-refractivity contribution in [1.82, 2.24) is 0 Å². The SMILES string of the molecule is COC(=O)c1ccc(C)c(NC(=O)[C@H](C)OC(=O)c2ccc(CO)cc2)c1. The molecule has 0 aromatic heterocycles. The molecule has 2 aromatic carbocycles. The number of ether oxygens (including phenoxy) is 2. The summed E-state index contributed by atoms with van der Waals surface area (Å²) in [6, 6.07) is 11.0. The molecule has 27 heavy (non-hydrogen) atoms. The lowest BCUT2D eigenvalue weighted by Crippen LogP contribution is -2.30. The number of anilines is 1. The minimum Gasteiger partial charge on any atom is -0.465 e. The summed E-state index contributed by atoms with van der Waals surface area (Å²) in [6.45, 7) is 3.10. The van der Waals surface area contributed by atoms with E-state index in [4.69, 9.17) is 9.84 Å². The Bertz CT molecular complexity index is 844. The van der Waals surface area contributed by atoms with Crippen LogP contribution in [0.1, 0.15) is 38.8 Å². The number of nitrogens with one attached hydrogen (secondary N) is 1. The number of carbonyl (C=O) groups is 3. The first-order chi connectivity index (χ1) is 12.8. The fourth-order valence-electron chi connectivity index (χ4n) is 2.26. The van der Waals surface area contributed by atoms with Crippen molar-refractivity contribution in [2.24, 2.45) is 0 Å². The van der Waals surface area contributed by atoms with Gasteiger partial charge in [0.2, 0.25) is 0 Å². The second-order valence-corrected chi connectivity index (χ2v) is 5.91. The van der Waals surface area contributed by atoms with E-state index in [9.17, 15) is 14.4 Å². The van der Waals surface area contributed by atoms with Gasteiger partial charge in [0.05, 0.1) is 24.8 Å². The fourth-order valence-corrected chi connectivity index (χ4v) is 2.26. The molecule has 0 saturated carbocycles. The third-order valence-corrected chi connectivity index (χ3v) is 3.94. The summed E-state index contributed by atoms with van der Waals surface area (Å²) >= 11 is 0. The summed E-state index contributed by atoms with van der Waals surface area (Å²) < 4.78 is 9.84. The van der Waals surface area contributed by atoms with Crippen LogP contribution < -0.4 is 5.32 Å². The molecule has 0 aliphatic carbocycles. The summed E-state index contributed by atoms with van der Waals surface area (Å²) in [5.74, 6) is -1.70. The Kier molecular flexibility index (Phi) is 6.67. The largest absolute Gasteiger partial charge is 0.465 e. The molecule has 0 aliphatic heterocycles. The number of methoxy groups -OCH3 is 1. The van der Waals surface area contributed by atoms with Crippen LogP contribution in [0.2, 0.25) is 0 Å². The lowest BCUT2D eigenvalue weighted by molar-refractivity contribution is -0.123. The van der Waals surface area contributed by atoms with E-state index in [1.54, 1.807) is 31.2 Å². The molecule has 0 unspecified atom stereocenters. The topological polar surface area (TPSA) is 102 Å². The number of aliphatic hydroxyl groups is 1. The minimum absolute atomic E-state index is 0.127. The summed E-state index contributed by atoms with van der Waals surface area (Å²) in [5.41, 5.74) is 2.41. The third-order valence-electron chi connectivity index (χ3n) is 3.94. The van der Waals surface area contributed by atoms with Crippen LogP contribution in [0.15, 0.2) is 42.5 Å². The maximum absolute atomic E-state index is 12.3. The van der Waals surface area contributed by atoms with Crippen LogP contribution in [-0.2, 0) is 20.9 Å². The Labute approximate surface area is 156 Å². The van der Waals surface area contributed by atoms with Crippen LogP contribution in [0.25, 0.3) is 0 Å². The molecule has 2 N–H and O–H groups in total. The smallest absolute Gasteiger partial charge is 0.338 e. The van der Waals surface area contributed by atoms with Gasteiger partial charge in [-0.2, -0.15) is 0 Å². The number of carbonyl (C=O) groups excluding carboxylic acids is 3. The Hall–Kier alpha value is -3.19. The Morgan fingerprint density at radius 1 is 1.04 bits per heavy atom. The first-order valence-electron chi connectivity index (χ1n) is 8.26. The highest BCUT2D eigenvalue weighted by Gasteiger charge is 2.20. The normalized spacial score (nSPS) is 11.4. The molecule has 0 radical (unpaired) electrons. The van der Waals surface area contributed by atoms with E-state index in [2.05, 4.69) is 10.1 Å². The van der Waals surface area contributed by atoms with E-state index in [0.717, 1.165) is 5.56 Å². The molecule has 0 bridgehead atoms. The van der Waals surface area contributed by atoms with Crippen molar-refractivity contribution in [2.45, 2.75) is 26.6 Å². The van der Waals surface area contributed by atoms with E-state index in [1.807, 2.05) is 0 Å². The molecule has 0 saturated heterocycles. The van der Waals surface area contributed by atoms with Crippen molar-refractivity contribution in [3.05, 3.63) is 64.7 Å². The van der Waals surface area contributed by atoms with Crippen LogP contribution in [-0.4, -0.2) is 36.2 Å². The van der Waals surface area contributed by atoms with Gasteiger partial charge in [-0.3, -0.25) is 4.79 Å². The molecule has 2 rings (SSSR count). The highest BCUT2D eigenvalue weighted by atomic mass is 16.5. The van der Waals surface area contributed by atoms with Crippen LogP contribution >= 0.6 is 0 Å². The average Bonchev–Trinajstić information content (AvgIpc) is 2.68. The monoisotopic (exact) mass is 371 g/mol. The molecule has 0 heterocycles. The molecule has 0 fully saturated rings. The molecule has 1 atom stereocenters. The van der Waals surface area contributed by atoms with Gasteiger partial charge in [-0.1, -0.05) is 18.2 Å². The van der Waals surface area contributed by atoms with Gasteiger partial charge in [0.1, 0.15) is 0 Å². The zero-order valence-corrected chi connectivity index (χ0v) is 15.3.